The first-order valence-electron chi connectivity index (χ1n) is 24.1. The van der Waals surface area contributed by atoms with E-state index < -0.39 is 47.6 Å². The first kappa shape index (κ1) is 50.8. The number of hydrogen-bond acceptors (Lipinski definition) is 14. The number of carbonyl (C=O) groups is 3. The van der Waals surface area contributed by atoms with Crippen molar-refractivity contribution in [3.05, 3.63) is 136 Å². The highest BCUT2D eigenvalue weighted by Crippen LogP contribution is 2.32. The largest absolute Gasteiger partial charge is 0.487 e. The number of thiazole rings is 1. The minimum Gasteiger partial charge on any atom is -0.487 e. The molecule has 1 unspecified atom stereocenters. The SMILES string of the molecule is Cc1ncsc1-c1ccc([C@H](C)NC(=O)C2C[C@@H](O)CN2C(=O)[C@@H](NC(=O)c2cc3ccc(OC4CN(c5ccc([C@@H](O)N[C@@H](C)Cn6ccc(-c7ccc(C#N)c(Cl)c7)n6)cn5)C4)cc3o2)C(C)(C)C)cc1. The Balaban J connectivity index is 0.757. The number of carbonyl (C=O) groups excluding carboxylic acids is 3. The van der Waals surface area contributed by atoms with Gasteiger partial charge >= 0.3 is 0 Å². The minimum atomic E-state index is -1.05. The number of β-amino-alcohol motifs (C(OH)–C–C–N with tert-alkyl or cyclic N) is 1. The van der Waals surface area contributed by atoms with Crippen molar-refractivity contribution >= 4 is 57.4 Å². The van der Waals surface area contributed by atoms with Crippen LogP contribution in [0.5, 0.6) is 5.75 Å². The Hall–Kier alpha value is -7.14. The van der Waals surface area contributed by atoms with Gasteiger partial charge in [0.1, 0.15) is 47.6 Å². The lowest BCUT2D eigenvalue weighted by Gasteiger charge is -2.39. The van der Waals surface area contributed by atoms with E-state index in [9.17, 15) is 29.9 Å². The highest BCUT2D eigenvalue weighted by atomic mass is 35.5. The average molecular weight is 1030 g/mol. The number of aryl methyl sites for hydroxylation is 1. The minimum absolute atomic E-state index is 0.00750. The molecule has 73 heavy (non-hydrogen) atoms. The number of nitrogens with zero attached hydrogens (tertiary/aromatic N) is 7. The summed E-state index contributed by atoms with van der Waals surface area (Å²) in [5, 5.41) is 45.7. The number of fused-ring (bicyclic) bond motifs is 1. The number of aliphatic hydroxyl groups excluding tert-OH is 2. The maximum Gasteiger partial charge on any atom is 0.287 e. The molecule has 0 spiro atoms. The number of hydrogen-bond donors (Lipinski definition) is 5. The molecule has 0 aliphatic carbocycles. The van der Waals surface area contributed by atoms with Gasteiger partial charge in [0.25, 0.3) is 5.91 Å². The molecule has 0 radical (unpaired) electrons. The second kappa shape index (κ2) is 21.1. The van der Waals surface area contributed by atoms with Gasteiger partial charge in [0.15, 0.2) is 5.76 Å². The van der Waals surface area contributed by atoms with E-state index in [2.05, 4.69) is 42.0 Å². The second-order valence-corrected chi connectivity index (χ2v) is 21.2. The van der Waals surface area contributed by atoms with Crippen molar-refractivity contribution in [3.8, 4) is 33.5 Å². The van der Waals surface area contributed by atoms with Crippen molar-refractivity contribution in [1.82, 2.24) is 40.6 Å². The van der Waals surface area contributed by atoms with Crippen LogP contribution in [0, 0.1) is 23.7 Å². The normalized spacial score (nSPS) is 17.6. The number of aromatic nitrogens is 4. The maximum absolute atomic E-state index is 14.3. The van der Waals surface area contributed by atoms with Gasteiger partial charge in [-0.2, -0.15) is 10.4 Å². The van der Waals surface area contributed by atoms with Crippen molar-refractivity contribution in [2.24, 2.45) is 5.41 Å². The van der Waals surface area contributed by atoms with Gasteiger partial charge < -0.3 is 39.8 Å². The molecule has 3 amide bonds. The number of halogens is 1. The van der Waals surface area contributed by atoms with Gasteiger partial charge in [-0.05, 0) is 85.8 Å². The lowest BCUT2D eigenvalue weighted by molar-refractivity contribution is -0.142. The standard InChI is InChI=1S/C54H57ClN10O7S/c1-30(25-64-18-17-43(62-64)35-11-12-37(23-56)42(55)19-35)59-50(67)38-14-16-47(57-24-38)63-27-41(28-63)71-40-15-13-36-20-46(72-45(36)22-40)52(69)61-49(54(4,5)6)53(70)65-26-39(66)21-44(65)51(68)60-31(2)33-7-9-34(10-8-33)48-32(3)58-29-73-48/h7-20,22,24,29-31,39,41,44,49-50,59,66-67H,21,25-28H2,1-6H3,(H,60,68)(H,61,69)/t30-,31-,39+,44?,49+,50+/m0/s1. The molecule has 6 heterocycles. The zero-order chi connectivity index (χ0) is 51.7. The number of benzene rings is 3. The summed E-state index contributed by atoms with van der Waals surface area (Å²) in [4.78, 5) is 55.4. The molecule has 4 aromatic heterocycles. The van der Waals surface area contributed by atoms with Crippen molar-refractivity contribution in [1.29, 1.82) is 5.26 Å². The third kappa shape index (κ3) is 11.4. The van der Waals surface area contributed by atoms with Crippen LogP contribution in [0.15, 0.2) is 107 Å². The third-order valence-electron chi connectivity index (χ3n) is 13.2. The number of likely N-dealkylation sites (tertiary alicyclic amines) is 1. The van der Waals surface area contributed by atoms with Crippen LogP contribution in [0.3, 0.4) is 0 Å². The fourth-order valence-corrected chi connectivity index (χ4v) is 10.2. The van der Waals surface area contributed by atoms with Crippen molar-refractivity contribution in [3.63, 3.8) is 0 Å². The molecule has 2 fully saturated rings. The summed E-state index contributed by atoms with van der Waals surface area (Å²) in [5.74, 6) is -0.152. The monoisotopic (exact) mass is 1020 g/mol. The van der Waals surface area contributed by atoms with E-state index in [1.807, 2.05) is 108 Å². The molecular formula is C54H57ClN10O7S. The van der Waals surface area contributed by atoms with Crippen LogP contribution in [0.2, 0.25) is 5.02 Å². The van der Waals surface area contributed by atoms with E-state index in [1.165, 1.54) is 4.90 Å². The van der Waals surface area contributed by atoms with Crippen LogP contribution in [0.25, 0.3) is 32.7 Å². The van der Waals surface area contributed by atoms with Gasteiger partial charge in [-0.3, -0.25) is 24.4 Å². The number of nitrogens with one attached hydrogen (secondary N) is 3. The Morgan fingerprint density at radius 2 is 1.71 bits per heavy atom. The highest BCUT2D eigenvalue weighted by Gasteiger charge is 2.45. The average Bonchev–Trinajstić information content (AvgIpc) is 4.18. The van der Waals surface area contributed by atoms with Gasteiger partial charge in [-0.25, -0.2) is 9.97 Å². The van der Waals surface area contributed by atoms with Gasteiger partial charge in [-0.15, -0.1) is 11.3 Å². The van der Waals surface area contributed by atoms with Crippen molar-refractivity contribution in [2.45, 2.75) is 97.1 Å². The summed E-state index contributed by atoms with van der Waals surface area (Å²) < 4.78 is 14.1. The van der Waals surface area contributed by atoms with Crippen molar-refractivity contribution < 1.29 is 33.8 Å². The number of aliphatic hydroxyl groups is 2. The van der Waals surface area contributed by atoms with E-state index in [0.717, 1.165) is 38.8 Å². The predicted octanol–water partition coefficient (Wildman–Crippen LogP) is 7.57. The Kier molecular flexibility index (Phi) is 14.7. The van der Waals surface area contributed by atoms with Gasteiger partial charge in [0.05, 0.1) is 64.1 Å². The lowest BCUT2D eigenvalue weighted by Crippen LogP contribution is -2.57. The smallest absolute Gasteiger partial charge is 0.287 e. The Bertz CT molecular complexity index is 3170. The second-order valence-electron chi connectivity index (χ2n) is 19.9. The fourth-order valence-electron chi connectivity index (χ4n) is 9.13. The Morgan fingerprint density at radius 3 is 2.40 bits per heavy atom. The van der Waals surface area contributed by atoms with Gasteiger partial charge in [0, 0.05) is 54.0 Å². The number of furan rings is 1. The molecule has 0 saturated carbocycles. The van der Waals surface area contributed by atoms with Crippen molar-refractivity contribution in [2.75, 3.05) is 24.5 Å². The lowest BCUT2D eigenvalue weighted by atomic mass is 9.85. The molecule has 6 atom stereocenters. The molecule has 0 bridgehead atoms. The van der Waals surface area contributed by atoms with Crippen LogP contribution in [0.4, 0.5) is 5.82 Å². The number of pyridine rings is 1. The van der Waals surface area contributed by atoms with E-state index in [-0.39, 0.29) is 36.9 Å². The number of nitriles is 1. The zero-order valence-electron chi connectivity index (χ0n) is 41.2. The molecule has 2 saturated heterocycles. The van der Waals surface area contributed by atoms with Crippen LogP contribution < -0.4 is 25.6 Å². The summed E-state index contributed by atoms with van der Waals surface area (Å²) in [6.07, 6.45) is 1.56. The summed E-state index contributed by atoms with van der Waals surface area (Å²) in [6, 6.07) is 25.2. The van der Waals surface area contributed by atoms with E-state index >= 15 is 0 Å². The molecule has 19 heteroatoms. The topological polar surface area (TPSA) is 224 Å². The van der Waals surface area contributed by atoms with E-state index in [1.54, 1.807) is 52.5 Å². The van der Waals surface area contributed by atoms with E-state index in [0.29, 0.717) is 52.5 Å². The summed E-state index contributed by atoms with van der Waals surface area (Å²) in [7, 11) is 0. The summed E-state index contributed by atoms with van der Waals surface area (Å²) in [5.41, 5.74) is 6.90. The van der Waals surface area contributed by atoms with E-state index in [4.69, 9.17) is 20.8 Å². The quantitative estimate of drug-likeness (QED) is 0.0590. The van der Waals surface area contributed by atoms with Crippen LogP contribution in [-0.4, -0.2) is 103 Å². The Labute approximate surface area is 431 Å². The molecule has 7 aromatic rings. The number of anilines is 1. The molecule has 2 aliphatic heterocycles. The zero-order valence-corrected chi connectivity index (χ0v) is 42.8. The predicted molar refractivity (Wildman–Crippen MR) is 278 cm³/mol. The molecule has 9 rings (SSSR count). The maximum atomic E-state index is 14.3. The molecule has 5 N–H and O–H groups in total. The summed E-state index contributed by atoms with van der Waals surface area (Å²) in [6.45, 7) is 12.9. The first-order chi connectivity index (χ1) is 34.9. The molecule has 378 valence electrons. The number of ether oxygens (including phenoxy) is 1. The molecule has 2 aliphatic rings. The van der Waals surface area contributed by atoms with Gasteiger partial charge in [-0.1, -0.05) is 62.7 Å². The molecule has 3 aromatic carbocycles. The number of rotatable bonds is 16. The van der Waals surface area contributed by atoms with Gasteiger partial charge in [0.2, 0.25) is 11.8 Å². The first-order valence-corrected chi connectivity index (χ1v) is 25.4. The fraction of sp³-hybridized carbons (Fsp3) is 0.352. The third-order valence-corrected chi connectivity index (χ3v) is 14.5. The number of amides is 3. The Morgan fingerprint density at radius 1 is 0.959 bits per heavy atom. The van der Waals surface area contributed by atoms with Crippen LogP contribution >= 0.6 is 22.9 Å². The summed E-state index contributed by atoms with van der Waals surface area (Å²) >= 11 is 7.78. The highest BCUT2D eigenvalue weighted by molar-refractivity contribution is 7.13. The molecular weight excluding hydrogens is 968 g/mol. The molecule has 17 nitrogen and oxygen atoms in total. The van der Waals surface area contributed by atoms with Crippen LogP contribution in [0.1, 0.15) is 86.2 Å². The van der Waals surface area contributed by atoms with Crippen LogP contribution in [-0.2, 0) is 16.1 Å².